The maximum Gasteiger partial charge on any atom is 0.206 e. The number of nitrogens with two attached hydrogens (primary N) is 1. The molecule has 0 radical (unpaired) electrons. The van der Waals surface area contributed by atoms with Gasteiger partial charge in [0.1, 0.15) is 0 Å². The molecule has 5 heteroatoms. The molecule has 0 fully saturated rings. The zero-order valence-corrected chi connectivity index (χ0v) is 11.1. The maximum atomic E-state index is 5.45. The first-order valence-corrected chi connectivity index (χ1v) is 5.82. The van der Waals surface area contributed by atoms with Crippen LogP contribution in [0.4, 0.5) is 0 Å². The Labute approximate surface area is 98.8 Å². The zero-order chi connectivity index (χ0) is 12.6. The van der Waals surface area contributed by atoms with Crippen molar-refractivity contribution < 1.29 is 4.74 Å². The third-order valence-electron chi connectivity index (χ3n) is 2.87. The lowest BCUT2D eigenvalue weighted by atomic mass is 9.96. The summed E-state index contributed by atoms with van der Waals surface area (Å²) in [5.41, 5.74) is 2.62. The molecule has 0 aliphatic carbocycles. The van der Waals surface area contributed by atoms with Crippen LogP contribution in [0.3, 0.4) is 0 Å². The Morgan fingerprint density at radius 3 is 2.38 bits per heavy atom. The normalized spacial score (nSPS) is 14.8. The molecule has 0 amide bonds. The van der Waals surface area contributed by atoms with E-state index in [1.165, 1.54) is 0 Å². The van der Waals surface area contributed by atoms with E-state index in [1.54, 1.807) is 7.11 Å². The Balaban J connectivity index is 4.49. The lowest BCUT2D eigenvalue weighted by Gasteiger charge is -2.30. The predicted octanol–water partition coefficient (Wildman–Crippen LogP) is 1.01. The van der Waals surface area contributed by atoms with E-state index in [9.17, 15) is 0 Å². The van der Waals surface area contributed by atoms with Gasteiger partial charge in [0, 0.05) is 12.6 Å². The molecule has 0 aliphatic rings. The van der Waals surface area contributed by atoms with E-state index in [1.807, 2.05) is 6.92 Å². The summed E-state index contributed by atoms with van der Waals surface area (Å²) >= 11 is 0. The van der Waals surface area contributed by atoms with E-state index in [0.717, 1.165) is 12.8 Å². The number of hydrogen-bond acceptors (Lipinski definition) is 3. The second kappa shape index (κ2) is 7.46. The summed E-state index contributed by atoms with van der Waals surface area (Å²) in [7, 11) is 1.66. The molecule has 16 heavy (non-hydrogen) atoms. The average Bonchev–Trinajstić information content (AvgIpc) is 2.28. The molecule has 0 spiro atoms. The topological polar surface area (TPSA) is 71.7 Å². The van der Waals surface area contributed by atoms with Crippen LogP contribution < -0.4 is 16.6 Å². The molecule has 96 valence electrons. The highest BCUT2D eigenvalue weighted by atomic mass is 16.5. The summed E-state index contributed by atoms with van der Waals surface area (Å²) in [5.74, 6) is 6.07. The minimum atomic E-state index is 0.0258. The molecule has 0 aromatic rings. The van der Waals surface area contributed by atoms with Crippen LogP contribution in [-0.4, -0.2) is 31.3 Å². The molecule has 0 aromatic heterocycles. The van der Waals surface area contributed by atoms with Crippen LogP contribution in [-0.2, 0) is 4.74 Å². The molecule has 0 rings (SSSR count). The van der Waals surface area contributed by atoms with Crippen molar-refractivity contribution in [3.63, 3.8) is 0 Å². The molecule has 5 nitrogen and oxygen atoms in total. The molecule has 1 atom stereocenters. The van der Waals surface area contributed by atoms with E-state index >= 15 is 0 Å². The van der Waals surface area contributed by atoms with Crippen LogP contribution in [0.2, 0.25) is 0 Å². The summed E-state index contributed by atoms with van der Waals surface area (Å²) in [6.45, 7) is 9.01. The summed E-state index contributed by atoms with van der Waals surface area (Å²) in [6, 6.07) is 0.0847. The van der Waals surface area contributed by atoms with E-state index in [4.69, 9.17) is 10.6 Å². The second-order valence-corrected chi connectivity index (χ2v) is 4.32. The van der Waals surface area contributed by atoms with Crippen molar-refractivity contribution >= 4 is 5.96 Å². The van der Waals surface area contributed by atoms with Crippen LogP contribution >= 0.6 is 0 Å². The molecule has 0 aromatic carbocycles. The van der Waals surface area contributed by atoms with E-state index in [-0.39, 0.29) is 11.6 Å². The van der Waals surface area contributed by atoms with Crippen molar-refractivity contribution in [2.24, 2.45) is 10.8 Å². The van der Waals surface area contributed by atoms with Gasteiger partial charge in [-0.2, -0.15) is 0 Å². The van der Waals surface area contributed by atoms with Crippen molar-refractivity contribution in [1.82, 2.24) is 10.7 Å². The molecule has 0 aliphatic heterocycles. The van der Waals surface area contributed by atoms with Crippen molar-refractivity contribution in [2.75, 3.05) is 13.7 Å². The number of ether oxygens (including phenoxy) is 1. The van der Waals surface area contributed by atoms with Crippen LogP contribution in [0.1, 0.15) is 40.5 Å². The molecule has 4 N–H and O–H groups in total. The monoisotopic (exact) mass is 230 g/mol. The summed E-state index contributed by atoms with van der Waals surface area (Å²) in [5, 5.41) is 3.33. The van der Waals surface area contributed by atoms with Gasteiger partial charge in [0.15, 0.2) is 0 Å². The van der Waals surface area contributed by atoms with Crippen LogP contribution in [0.15, 0.2) is 4.99 Å². The van der Waals surface area contributed by atoms with Crippen molar-refractivity contribution in [2.45, 2.75) is 52.1 Å². The highest BCUT2D eigenvalue weighted by molar-refractivity contribution is 5.80. The number of guanidine groups is 1. The van der Waals surface area contributed by atoms with Gasteiger partial charge in [0.05, 0.1) is 12.6 Å². The first-order chi connectivity index (χ1) is 7.51. The quantitative estimate of drug-likeness (QED) is 0.276. The van der Waals surface area contributed by atoms with Gasteiger partial charge in [-0.15, -0.1) is 0 Å². The number of nitrogens with one attached hydrogen (secondary N) is 2. The van der Waals surface area contributed by atoms with Crippen molar-refractivity contribution in [3.05, 3.63) is 0 Å². The second-order valence-electron chi connectivity index (χ2n) is 4.32. The molecule has 0 saturated carbocycles. The van der Waals surface area contributed by atoms with Gasteiger partial charge in [-0.05, 0) is 26.7 Å². The van der Waals surface area contributed by atoms with Crippen LogP contribution in [0, 0.1) is 0 Å². The third-order valence-corrected chi connectivity index (χ3v) is 2.87. The Kier molecular flexibility index (Phi) is 7.08. The van der Waals surface area contributed by atoms with Gasteiger partial charge in [0.25, 0.3) is 0 Å². The van der Waals surface area contributed by atoms with Crippen molar-refractivity contribution in [1.29, 1.82) is 0 Å². The summed E-state index contributed by atoms with van der Waals surface area (Å²) in [4.78, 5) is 4.41. The molecule has 0 heterocycles. The highest BCUT2D eigenvalue weighted by Crippen LogP contribution is 2.13. The van der Waals surface area contributed by atoms with Crippen LogP contribution in [0.5, 0.6) is 0 Å². The van der Waals surface area contributed by atoms with Gasteiger partial charge in [-0.1, -0.05) is 13.8 Å². The number of hydrogen-bond donors (Lipinski definition) is 3. The fourth-order valence-corrected chi connectivity index (χ4v) is 1.32. The molecular formula is C11H26N4O. The number of nitrogens with zero attached hydrogens (tertiary/aromatic N) is 1. The lowest BCUT2D eigenvalue weighted by molar-refractivity contribution is 0.185. The van der Waals surface area contributed by atoms with E-state index in [0.29, 0.717) is 12.6 Å². The van der Waals surface area contributed by atoms with Gasteiger partial charge < -0.3 is 10.1 Å². The number of aliphatic imine (C=N–C) groups is 1. The van der Waals surface area contributed by atoms with Crippen molar-refractivity contribution in [3.8, 4) is 0 Å². The fourth-order valence-electron chi connectivity index (χ4n) is 1.32. The Morgan fingerprint density at radius 1 is 1.44 bits per heavy atom. The standard InChI is InChI=1S/C11H26N4O/c1-6-11(4,7-2)14-10(15-12)13-9(3)8-16-5/h9H,6-8,12H2,1-5H3,(H2,13,14,15). The highest BCUT2D eigenvalue weighted by Gasteiger charge is 2.20. The smallest absolute Gasteiger partial charge is 0.206 e. The number of rotatable bonds is 6. The van der Waals surface area contributed by atoms with Crippen LogP contribution in [0.25, 0.3) is 0 Å². The lowest BCUT2D eigenvalue weighted by Crippen LogP contribution is -2.52. The first kappa shape index (κ1) is 15.2. The molecule has 0 bridgehead atoms. The van der Waals surface area contributed by atoms with Gasteiger partial charge in [-0.3, -0.25) is 5.43 Å². The minimum absolute atomic E-state index is 0.0258. The molecular weight excluding hydrogens is 204 g/mol. The average molecular weight is 230 g/mol. The zero-order valence-electron chi connectivity index (χ0n) is 11.1. The van der Waals surface area contributed by atoms with Gasteiger partial charge in [-0.25, -0.2) is 10.8 Å². The van der Waals surface area contributed by atoms with E-state index < -0.39 is 0 Å². The van der Waals surface area contributed by atoms with Gasteiger partial charge >= 0.3 is 0 Å². The third kappa shape index (κ3) is 5.32. The SMILES string of the molecule is CCC(C)(CC)NC(=NC(C)COC)NN. The Morgan fingerprint density at radius 2 is 2.00 bits per heavy atom. The van der Waals surface area contributed by atoms with E-state index in [2.05, 4.69) is 36.5 Å². The number of methoxy groups -OCH3 is 1. The van der Waals surface area contributed by atoms with Gasteiger partial charge in [0.2, 0.25) is 5.96 Å². The molecule has 0 saturated heterocycles. The number of hydrazine groups is 1. The Bertz CT molecular complexity index is 214. The Hall–Kier alpha value is -0.810. The predicted molar refractivity (Wildman–Crippen MR) is 68.2 cm³/mol. The first-order valence-electron chi connectivity index (χ1n) is 5.82. The summed E-state index contributed by atoms with van der Waals surface area (Å²) < 4.78 is 5.03. The maximum absolute atomic E-state index is 5.45. The molecule has 1 unspecified atom stereocenters. The largest absolute Gasteiger partial charge is 0.382 e. The summed E-state index contributed by atoms with van der Waals surface area (Å²) in [6.07, 6.45) is 2.03. The fraction of sp³-hybridized carbons (Fsp3) is 0.909. The minimum Gasteiger partial charge on any atom is -0.382 e.